The van der Waals surface area contributed by atoms with Crippen LogP contribution in [0.5, 0.6) is 0 Å². The lowest BCUT2D eigenvalue weighted by atomic mass is 10.2. The first kappa shape index (κ1) is 14.1. The molecule has 0 bridgehead atoms. The van der Waals surface area contributed by atoms with Crippen LogP contribution >= 0.6 is 0 Å². The second-order valence-corrected chi connectivity index (χ2v) is 7.07. The van der Waals surface area contributed by atoms with Crippen molar-refractivity contribution >= 4 is 21.4 Å². The molecule has 106 valence electrons. The molecule has 6 heteroatoms. The van der Waals surface area contributed by atoms with Crippen molar-refractivity contribution in [3.63, 3.8) is 0 Å². The van der Waals surface area contributed by atoms with E-state index in [0.29, 0.717) is 17.8 Å². The minimum absolute atomic E-state index is 0.411. The summed E-state index contributed by atoms with van der Waals surface area (Å²) < 4.78 is 24.9. The van der Waals surface area contributed by atoms with Crippen LogP contribution in [-0.2, 0) is 10.0 Å². The van der Waals surface area contributed by atoms with Gasteiger partial charge in [-0.1, -0.05) is 6.07 Å². The zero-order valence-electron chi connectivity index (χ0n) is 11.6. The maximum atomic E-state index is 11.2. The Hall–Kier alpha value is -1.27. The summed E-state index contributed by atoms with van der Waals surface area (Å²) in [6.07, 6.45) is 2.25. The fourth-order valence-corrected chi connectivity index (χ4v) is 2.98. The van der Waals surface area contributed by atoms with Gasteiger partial charge >= 0.3 is 0 Å². The molecule has 0 amide bonds. The molecule has 1 saturated heterocycles. The normalized spacial score (nSPS) is 24.4. The number of rotatable bonds is 4. The number of nitrogens with one attached hydrogen (secondary N) is 2. The van der Waals surface area contributed by atoms with Crippen LogP contribution in [0.25, 0.3) is 0 Å². The number of likely N-dealkylation sites (tertiary alicyclic amines) is 1. The molecule has 1 aliphatic heterocycles. The number of hydrogen-bond donors (Lipinski definition) is 2. The summed E-state index contributed by atoms with van der Waals surface area (Å²) >= 11 is 0. The van der Waals surface area contributed by atoms with Crippen molar-refractivity contribution in [2.75, 3.05) is 29.9 Å². The van der Waals surface area contributed by atoms with Crippen LogP contribution in [0.2, 0.25) is 0 Å². The Balaban J connectivity index is 2.03. The molecule has 2 N–H and O–H groups in total. The maximum Gasteiger partial charge on any atom is 0.229 e. The van der Waals surface area contributed by atoms with E-state index in [2.05, 4.69) is 28.9 Å². The highest BCUT2D eigenvalue weighted by Crippen LogP contribution is 2.22. The lowest BCUT2D eigenvalue weighted by Crippen LogP contribution is -2.24. The van der Waals surface area contributed by atoms with Crippen LogP contribution in [0.3, 0.4) is 0 Å². The van der Waals surface area contributed by atoms with Crippen LogP contribution < -0.4 is 10.0 Å². The van der Waals surface area contributed by atoms with Crippen molar-refractivity contribution in [1.29, 1.82) is 0 Å². The molecular formula is C13H21N3O2S. The van der Waals surface area contributed by atoms with E-state index >= 15 is 0 Å². The maximum absolute atomic E-state index is 11.2. The first-order valence-electron chi connectivity index (χ1n) is 6.38. The Bertz CT molecular complexity index is 535. The van der Waals surface area contributed by atoms with Crippen molar-refractivity contribution in [2.45, 2.75) is 25.4 Å². The molecule has 2 atom stereocenters. The lowest BCUT2D eigenvalue weighted by molar-refractivity contribution is 0.330. The fraction of sp³-hybridized carbons (Fsp3) is 0.538. The molecule has 0 aliphatic carbocycles. The van der Waals surface area contributed by atoms with Gasteiger partial charge in [-0.25, -0.2) is 8.42 Å². The van der Waals surface area contributed by atoms with Gasteiger partial charge in [0, 0.05) is 24.3 Å². The molecule has 1 aliphatic rings. The average molecular weight is 283 g/mol. The lowest BCUT2D eigenvalue weighted by Gasteiger charge is -2.15. The number of anilines is 2. The Morgan fingerprint density at radius 1 is 1.32 bits per heavy atom. The molecular weight excluding hydrogens is 262 g/mol. The van der Waals surface area contributed by atoms with Crippen molar-refractivity contribution in [1.82, 2.24) is 4.90 Å². The number of nitrogens with zero attached hydrogens (tertiary/aromatic N) is 1. The average Bonchev–Trinajstić information content (AvgIpc) is 2.55. The number of likely N-dealkylation sites (N-methyl/N-ethyl adjacent to an activating group) is 1. The molecule has 1 aromatic rings. The van der Waals surface area contributed by atoms with Crippen LogP contribution in [0.4, 0.5) is 11.4 Å². The van der Waals surface area contributed by atoms with Gasteiger partial charge in [-0.15, -0.1) is 0 Å². The van der Waals surface area contributed by atoms with Crippen LogP contribution in [0.1, 0.15) is 13.3 Å². The van der Waals surface area contributed by atoms with Gasteiger partial charge in [0.05, 0.1) is 11.9 Å². The molecule has 1 heterocycles. The molecule has 2 rings (SSSR count). The highest BCUT2D eigenvalue weighted by atomic mass is 32.2. The summed E-state index contributed by atoms with van der Waals surface area (Å²) in [7, 11) is -1.11. The third-order valence-electron chi connectivity index (χ3n) is 3.42. The predicted octanol–water partition coefficient (Wildman–Crippen LogP) is 1.56. The fourth-order valence-electron chi connectivity index (χ4n) is 2.42. The molecule has 2 unspecified atom stereocenters. The highest BCUT2D eigenvalue weighted by molar-refractivity contribution is 7.92. The van der Waals surface area contributed by atoms with Gasteiger partial charge < -0.3 is 10.2 Å². The standard InChI is InChI=1S/C13H21N3O2S/c1-10-7-13(9-16(10)2)14-11-5-4-6-12(8-11)15-19(3,17)18/h4-6,8,10,13-15H,7,9H2,1-3H3. The summed E-state index contributed by atoms with van der Waals surface area (Å²) in [5.74, 6) is 0. The van der Waals surface area contributed by atoms with Crippen LogP contribution in [0.15, 0.2) is 24.3 Å². The third-order valence-corrected chi connectivity index (χ3v) is 4.03. The molecule has 19 heavy (non-hydrogen) atoms. The van der Waals surface area contributed by atoms with Crippen molar-refractivity contribution in [3.05, 3.63) is 24.3 Å². The van der Waals surface area contributed by atoms with Crippen LogP contribution in [-0.4, -0.2) is 45.2 Å². The topological polar surface area (TPSA) is 61.4 Å². The predicted molar refractivity (Wildman–Crippen MR) is 79.0 cm³/mol. The van der Waals surface area contributed by atoms with E-state index < -0.39 is 10.0 Å². The summed E-state index contributed by atoms with van der Waals surface area (Å²) in [5, 5.41) is 3.45. The molecule has 0 radical (unpaired) electrons. The minimum Gasteiger partial charge on any atom is -0.381 e. The van der Waals surface area contributed by atoms with Gasteiger partial charge in [0.2, 0.25) is 10.0 Å². The van der Waals surface area contributed by atoms with E-state index in [4.69, 9.17) is 0 Å². The first-order valence-corrected chi connectivity index (χ1v) is 8.27. The molecule has 0 spiro atoms. The summed E-state index contributed by atoms with van der Waals surface area (Å²) in [6, 6.07) is 8.36. The van der Waals surface area contributed by atoms with E-state index in [1.807, 2.05) is 18.2 Å². The largest absolute Gasteiger partial charge is 0.381 e. The smallest absolute Gasteiger partial charge is 0.229 e. The van der Waals surface area contributed by atoms with Crippen LogP contribution in [0, 0.1) is 0 Å². The number of sulfonamides is 1. The second kappa shape index (κ2) is 5.38. The SMILES string of the molecule is CC1CC(Nc2cccc(NS(C)(=O)=O)c2)CN1C. The van der Waals surface area contributed by atoms with E-state index in [9.17, 15) is 8.42 Å². The Kier molecular flexibility index (Phi) is 4.01. The van der Waals surface area contributed by atoms with Crippen molar-refractivity contribution in [2.24, 2.45) is 0 Å². The highest BCUT2D eigenvalue weighted by Gasteiger charge is 2.25. The Labute approximate surface area is 115 Å². The summed E-state index contributed by atoms with van der Waals surface area (Å²) in [4.78, 5) is 2.32. The van der Waals surface area contributed by atoms with Gasteiger partial charge in [0.25, 0.3) is 0 Å². The number of benzene rings is 1. The Morgan fingerprint density at radius 3 is 2.58 bits per heavy atom. The van der Waals surface area contributed by atoms with Gasteiger partial charge in [0.1, 0.15) is 0 Å². The van der Waals surface area contributed by atoms with Crippen molar-refractivity contribution < 1.29 is 8.42 Å². The third kappa shape index (κ3) is 4.11. The molecule has 1 fully saturated rings. The zero-order chi connectivity index (χ0) is 14.0. The van der Waals surface area contributed by atoms with E-state index in [-0.39, 0.29) is 0 Å². The summed E-state index contributed by atoms with van der Waals surface area (Å²) in [6.45, 7) is 3.22. The van der Waals surface area contributed by atoms with Crippen molar-refractivity contribution in [3.8, 4) is 0 Å². The zero-order valence-corrected chi connectivity index (χ0v) is 12.4. The van der Waals surface area contributed by atoms with E-state index in [1.54, 1.807) is 6.07 Å². The van der Waals surface area contributed by atoms with E-state index in [1.165, 1.54) is 0 Å². The van der Waals surface area contributed by atoms with Gasteiger partial charge in [-0.05, 0) is 38.6 Å². The quantitative estimate of drug-likeness (QED) is 0.880. The Morgan fingerprint density at radius 2 is 2.00 bits per heavy atom. The molecule has 1 aromatic carbocycles. The summed E-state index contributed by atoms with van der Waals surface area (Å²) in [5.41, 5.74) is 1.54. The van der Waals surface area contributed by atoms with E-state index in [0.717, 1.165) is 24.9 Å². The van der Waals surface area contributed by atoms with Gasteiger partial charge in [-0.2, -0.15) is 0 Å². The molecule has 0 aromatic heterocycles. The number of hydrogen-bond acceptors (Lipinski definition) is 4. The molecule has 0 saturated carbocycles. The van der Waals surface area contributed by atoms with Gasteiger partial charge in [-0.3, -0.25) is 4.72 Å². The molecule has 5 nitrogen and oxygen atoms in total. The minimum atomic E-state index is -3.22. The first-order chi connectivity index (χ1) is 8.83. The second-order valence-electron chi connectivity index (χ2n) is 5.32. The van der Waals surface area contributed by atoms with Gasteiger partial charge in [0.15, 0.2) is 0 Å². The monoisotopic (exact) mass is 283 g/mol.